The molecule has 0 radical (unpaired) electrons. The maximum absolute atomic E-state index is 4.19. The van der Waals surface area contributed by atoms with E-state index in [1.807, 2.05) is 39.0 Å². The molecule has 0 amide bonds. The molecular weight excluding hydrogens is 877 g/mol. The Bertz CT molecular complexity index is 2900. The van der Waals surface area contributed by atoms with Crippen molar-refractivity contribution in [1.82, 2.24) is 0 Å². The number of allylic oxidation sites excluding steroid dienone is 13. The number of benzene rings is 5. The number of hydrogen-bond donors (Lipinski definition) is 0. The van der Waals surface area contributed by atoms with E-state index < -0.39 is 0 Å². The van der Waals surface area contributed by atoms with Crippen LogP contribution < -0.4 is 0 Å². The highest BCUT2D eigenvalue weighted by Crippen LogP contribution is 2.54. The van der Waals surface area contributed by atoms with E-state index in [4.69, 9.17) is 0 Å². The third-order valence-corrected chi connectivity index (χ3v) is 15.3. The molecular formula is C73H90. The van der Waals surface area contributed by atoms with E-state index in [2.05, 4.69) is 237 Å². The van der Waals surface area contributed by atoms with Crippen molar-refractivity contribution >= 4 is 23.3 Å². The van der Waals surface area contributed by atoms with Crippen molar-refractivity contribution in [3.8, 4) is 11.1 Å². The van der Waals surface area contributed by atoms with Crippen LogP contribution in [0.25, 0.3) is 34.4 Å². The Hall–Kier alpha value is -6.50. The zero-order valence-corrected chi connectivity index (χ0v) is 47.9. The Balaban J connectivity index is 0.000000276. The molecule has 0 spiro atoms. The molecule has 0 saturated carbocycles. The maximum atomic E-state index is 4.19. The van der Waals surface area contributed by atoms with Gasteiger partial charge in [-0.05, 0) is 175 Å². The molecule has 382 valence electrons. The van der Waals surface area contributed by atoms with Gasteiger partial charge in [0.15, 0.2) is 0 Å². The maximum Gasteiger partial charge on any atom is 0.0159 e. The van der Waals surface area contributed by atoms with E-state index in [1.165, 1.54) is 101 Å². The molecule has 0 aromatic heterocycles. The predicted octanol–water partition coefficient (Wildman–Crippen LogP) is 22.0. The van der Waals surface area contributed by atoms with Gasteiger partial charge in [0.05, 0.1) is 0 Å². The van der Waals surface area contributed by atoms with Crippen LogP contribution >= 0.6 is 0 Å². The predicted molar refractivity (Wildman–Crippen MR) is 330 cm³/mol. The summed E-state index contributed by atoms with van der Waals surface area (Å²) in [6, 6.07) is 35.8. The fourth-order valence-electron chi connectivity index (χ4n) is 11.2. The molecule has 3 aliphatic rings. The lowest BCUT2D eigenvalue weighted by molar-refractivity contribution is 0.553. The van der Waals surface area contributed by atoms with Gasteiger partial charge in [0.25, 0.3) is 0 Å². The third-order valence-electron chi connectivity index (χ3n) is 15.3. The molecule has 0 nitrogen and oxygen atoms in total. The van der Waals surface area contributed by atoms with Crippen LogP contribution in [-0.4, -0.2) is 0 Å². The van der Waals surface area contributed by atoms with Crippen LogP contribution in [0.1, 0.15) is 187 Å². The quantitative estimate of drug-likeness (QED) is 0.122. The van der Waals surface area contributed by atoms with Gasteiger partial charge in [0.1, 0.15) is 0 Å². The second-order valence-corrected chi connectivity index (χ2v) is 20.5. The first-order valence-electron chi connectivity index (χ1n) is 27.0. The average molecular weight is 968 g/mol. The summed E-state index contributed by atoms with van der Waals surface area (Å²) in [6.07, 6.45) is 21.7. The fraction of sp³-hybridized carbons (Fsp3) is 0.315. The molecule has 0 heteroatoms. The first-order chi connectivity index (χ1) is 34.9. The highest BCUT2D eigenvalue weighted by atomic mass is 14.4. The summed E-state index contributed by atoms with van der Waals surface area (Å²) in [7, 11) is 0. The fourth-order valence-corrected chi connectivity index (χ4v) is 11.2. The van der Waals surface area contributed by atoms with Gasteiger partial charge in [-0.2, -0.15) is 0 Å². The Labute approximate surface area is 445 Å². The molecule has 0 saturated heterocycles. The van der Waals surface area contributed by atoms with Crippen molar-refractivity contribution < 1.29 is 0 Å². The summed E-state index contributed by atoms with van der Waals surface area (Å²) in [4.78, 5) is 0. The van der Waals surface area contributed by atoms with Crippen molar-refractivity contribution in [1.29, 1.82) is 0 Å². The van der Waals surface area contributed by atoms with Gasteiger partial charge in [0.2, 0.25) is 0 Å². The zero-order chi connectivity index (χ0) is 54.2. The summed E-state index contributed by atoms with van der Waals surface area (Å²) in [5.74, 6) is 1.90. The third kappa shape index (κ3) is 13.6. The van der Waals surface area contributed by atoms with Crippen LogP contribution in [0.3, 0.4) is 0 Å². The van der Waals surface area contributed by atoms with Gasteiger partial charge in [0, 0.05) is 11.3 Å². The summed E-state index contributed by atoms with van der Waals surface area (Å²) in [6.45, 7) is 52.9. The van der Waals surface area contributed by atoms with Crippen molar-refractivity contribution in [2.75, 3.05) is 0 Å². The molecule has 73 heavy (non-hydrogen) atoms. The number of fused-ring (bicyclic) bond motifs is 5. The largest absolute Gasteiger partial charge is 0.0991 e. The minimum Gasteiger partial charge on any atom is -0.0991 e. The van der Waals surface area contributed by atoms with E-state index in [0.717, 1.165) is 24.0 Å². The van der Waals surface area contributed by atoms with Crippen molar-refractivity contribution in [3.63, 3.8) is 0 Å². The van der Waals surface area contributed by atoms with Crippen LogP contribution in [0.5, 0.6) is 0 Å². The molecule has 0 bridgehead atoms. The average Bonchev–Trinajstić information content (AvgIpc) is 3.82. The lowest BCUT2D eigenvalue weighted by Crippen LogP contribution is -2.17. The monoisotopic (exact) mass is 967 g/mol. The molecule has 0 aliphatic heterocycles. The highest BCUT2D eigenvalue weighted by Gasteiger charge is 2.39. The smallest absolute Gasteiger partial charge is 0.0159 e. The molecule has 4 unspecified atom stereocenters. The van der Waals surface area contributed by atoms with Gasteiger partial charge in [-0.25, -0.2) is 0 Å². The lowest BCUT2D eigenvalue weighted by atomic mass is 9.75. The number of rotatable bonds is 10. The van der Waals surface area contributed by atoms with Gasteiger partial charge in [-0.3, -0.25) is 0 Å². The van der Waals surface area contributed by atoms with Gasteiger partial charge >= 0.3 is 0 Å². The van der Waals surface area contributed by atoms with E-state index in [-0.39, 0.29) is 5.41 Å². The minimum atomic E-state index is -0.0607. The van der Waals surface area contributed by atoms with Gasteiger partial charge in [-0.1, -0.05) is 262 Å². The molecule has 3 aliphatic carbocycles. The first kappa shape index (κ1) is 59.1. The SMILES string of the molecule is C=C/C=C(/C)C=C.C=C1/C=C\C=C(\C)CC(CC)c2ccccc21.C=Cc1c(C)cc2c(c1C=C)-c1ccc(C(C)C(C)/C(=C/C)C3=C(C)c4ccccc4C3CC)cc1C2(C)C.CC.Cc1cccc(C)c1. The topological polar surface area (TPSA) is 0 Å². The standard InChI is InChI=1S/C39H44.C17H20.C8H10.C7H10.C2H6/c1-11-28-23(5)21-36-38(30(28)13-3)34-20-19-27(22-35(34)39(36,9)10)24(6)25(7)29(12-2)37-26(8)32-17-15-16-18-33(32)31(37)14-4;1-4-15-12-13(2)8-7-9-14(3)16-10-5-6-11-17(15)16;1-7-4-3-5-8(2)6-7;1-4-6-7(3)5-2;1-2/h11-13,15-22,24-25,31H,1,3,14H2,2,4-10H3;5-11,15H,3-4,12H2,1-2H3;3-6H,1-2H3;4-6H,1-2H2,3H3;1-2H3/b29-12-;9-7-,13-8-;;7-6-;. The van der Waals surface area contributed by atoms with Crippen molar-refractivity contribution in [2.24, 2.45) is 5.92 Å². The number of hydrogen-bond acceptors (Lipinski definition) is 0. The molecule has 0 heterocycles. The summed E-state index contributed by atoms with van der Waals surface area (Å²) >= 11 is 0. The molecule has 0 fully saturated rings. The minimum absolute atomic E-state index is 0.0607. The van der Waals surface area contributed by atoms with Crippen LogP contribution in [0.2, 0.25) is 0 Å². The highest BCUT2D eigenvalue weighted by molar-refractivity contribution is 5.91. The van der Waals surface area contributed by atoms with Crippen LogP contribution in [0.15, 0.2) is 195 Å². The van der Waals surface area contributed by atoms with E-state index in [0.29, 0.717) is 23.7 Å². The molecule has 5 aromatic rings. The molecule has 8 rings (SSSR count). The summed E-state index contributed by atoms with van der Waals surface area (Å²) in [5.41, 5.74) is 27.1. The van der Waals surface area contributed by atoms with Crippen LogP contribution in [0, 0.1) is 26.7 Å². The first-order valence-corrected chi connectivity index (χ1v) is 27.0. The molecule has 4 atom stereocenters. The second kappa shape index (κ2) is 27.5. The van der Waals surface area contributed by atoms with E-state index >= 15 is 0 Å². The Morgan fingerprint density at radius 3 is 1.86 bits per heavy atom. The second-order valence-electron chi connectivity index (χ2n) is 20.5. The van der Waals surface area contributed by atoms with Gasteiger partial charge in [-0.15, -0.1) is 0 Å². The van der Waals surface area contributed by atoms with Crippen molar-refractivity contribution in [2.45, 2.75) is 146 Å². The normalized spacial score (nSPS) is 18.0. The van der Waals surface area contributed by atoms with E-state index in [1.54, 1.807) is 17.7 Å². The van der Waals surface area contributed by atoms with E-state index in [9.17, 15) is 0 Å². The summed E-state index contributed by atoms with van der Waals surface area (Å²) < 4.78 is 0. The molecule has 0 N–H and O–H groups in total. The van der Waals surface area contributed by atoms with Crippen LogP contribution in [0.4, 0.5) is 0 Å². The zero-order valence-electron chi connectivity index (χ0n) is 47.9. The Kier molecular flexibility index (Phi) is 22.3. The van der Waals surface area contributed by atoms with Crippen molar-refractivity contribution in [3.05, 3.63) is 262 Å². The Morgan fingerprint density at radius 2 is 1.33 bits per heavy atom. The molecule has 5 aromatic carbocycles. The Morgan fingerprint density at radius 1 is 0.712 bits per heavy atom. The summed E-state index contributed by atoms with van der Waals surface area (Å²) in [5, 5.41) is 0. The van der Waals surface area contributed by atoms with Gasteiger partial charge < -0.3 is 0 Å². The number of aryl methyl sites for hydroxylation is 3. The lowest BCUT2D eigenvalue weighted by Gasteiger charge is -2.29. The van der Waals surface area contributed by atoms with Crippen LogP contribution in [-0.2, 0) is 5.41 Å².